The first kappa shape index (κ1) is 16.7. The molecule has 0 aliphatic carbocycles. The van der Waals surface area contributed by atoms with E-state index in [2.05, 4.69) is 10.1 Å². The van der Waals surface area contributed by atoms with Crippen molar-refractivity contribution in [2.24, 2.45) is 0 Å². The highest BCUT2D eigenvalue weighted by Gasteiger charge is 2.18. The van der Waals surface area contributed by atoms with Gasteiger partial charge in [-0.15, -0.1) is 11.3 Å². The van der Waals surface area contributed by atoms with Gasteiger partial charge in [0.1, 0.15) is 10.6 Å². The molecule has 2 N–H and O–H groups in total. The average molecular weight is 358 g/mol. The summed E-state index contributed by atoms with van der Waals surface area (Å²) in [6.07, 6.45) is 0. The third kappa shape index (κ3) is 3.11. The first-order valence-corrected chi connectivity index (χ1v) is 8.05. The molecule has 2 aromatic heterocycles. The third-order valence-electron chi connectivity index (χ3n) is 3.52. The van der Waals surface area contributed by atoms with Crippen LogP contribution in [0.2, 0.25) is 0 Å². The van der Waals surface area contributed by atoms with Crippen LogP contribution in [0.3, 0.4) is 0 Å². The lowest BCUT2D eigenvalue weighted by atomic mass is 10.1. The zero-order valence-corrected chi connectivity index (χ0v) is 14.2. The van der Waals surface area contributed by atoms with E-state index in [9.17, 15) is 9.59 Å². The molecule has 7 nitrogen and oxygen atoms in total. The van der Waals surface area contributed by atoms with Crippen molar-refractivity contribution in [1.82, 2.24) is 0 Å². The molecule has 0 spiro atoms. The van der Waals surface area contributed by atoms with E-state index in [1.54, 1.807) is 35.7 Å². The van der Waals surface area contributed by atoms with Crippen LogP contribution in [0.1, 0.15) is 20.7 Å². The molecule has 1 aromatic carbocycles. The van der Waals surface area contributed by atoms with Crippen LogP contribution in [-0.4, -0.2) is 26.1 Å². The molecule has 25 heavy (non-hydrogen) atoms. The molecular formula is C17H14N2O5S. The van der Waals surface area contributed by atoms with Gasteiger partial charge in [0.25, 0.3) is 5.91 Å². The van der Waals surface area contributed by atoms with Gasteiger partial charge in [0.15, 0.2) is 11.3 Å². The summed E-state index contributed by atoms with van der Waals surface area (Å²) in [6.45, 7) is 0. The van der Waals surface area contributed by atoms with Gasteiger partial charge in [-0.3, -0.25) is 10.2 Å². The number of amides is 1. The number of nitrogens with one attached hydrogen (secondary N) is 2. The Hall–Kier alpha value is -3.13. The summed E-state index contributed by atoms with van der Waals surface area (Å²) in [5.41, 5.74) is 0.389. The smallest absolute Gasteiger partial charge is 0.340 e. The zero-order chi connectivity index (χ0) is 18.0. The Bertz CT molecular complexity index is 1020. The van der Waals surface area contributed by atoms with Crippen molar-refractivity contribution >= 4 is 39.2 Å². The van der Waals surface area contributed by atoms with E-state index in [1.807, 2.05) is 0 Å². The van der Waals surface area contributed by atoms with Crippen LogP contribution in [0.5, 0.6) is 5.75 Å². The van der Waals surface area contributed by atoms with Crippen LogP contribution in [0.15, 0.2) is 40.1 Å². The Balaban J connectivity index is 1.98. The minimum atomic E-state index is -0.550. The van der Waals surface area contributed by atoms with Gasteiger partial charge in [-0.1, -0.05) is 12.1 Å². The number of hydrogen-bond donors (Lipinski definition) is 2. The molecule has 0 atom stereocenters. The molecule has 0 saturated heterocycles. The molecule has 0 aliphatic heterocycles. The molecule has 3 aromatic rings. The number of para-hydroxylation sites is 1. The van der Waals surface area contributed by atoms with Crippen LogP contribution < -0.4 is 15.6 Å². The second-order valence-electron chi connectivity index (χ2n) is 4.98. The van der Waals surface area contributed by atoms with E-state index < -0.39 is 11.9 Å². The van der Waals surface area contributed by atoms with Gasteiger partial charge >= 0.3 is 5.97 Å². The molecule has 0 unspecified atom stereocenters. The van der Waals surface area contributed by atoms with Gasteiger partial charge in [0.2, 0.25) is 5.55 Å². The minimum Gasteiger partial charge on any atom is -0.493 e. The van der Waals surface area contributed by atoms with Crippen LogP contribution in [0.4, 0.5) is 5.00 Å². The van der Waals surface area contributed by atoms with Crippen molar-refractivity contribution in [2.75, 3.05) is 19.5 Å². The van der Waals surface area contributed by atoms with E-state index in [0.29, 0.717) is 21.7 Å². The fourth-order valence-electron chi connectivity index (χ4n) is 2.31. The Morgan fingerprint density at radius 2 is 2.00 bits per heavy atom. The van der Waals surface area contributed by atoms with Gasteiger partial charge in [-0.05, 0) is 23.6 Å². The molecule has 0 fully saturated rings. The fourth-order valence-corrected chi connectivity index (χ4v) is 3.08. The monoisotopic (exact) mass is 358 g/mol. The van der Waals surface area contributed by atoms with E-state index in [4.69, 9.17) is 14.6 Å². The average Bonchev–Trinajstić information content (AvgIpc) is 3.07. The van der Waals surface area contributed by atoms with E-state index in [1.165, 1.54) is 25.6 Å². The topological polar surface area (TPSA) is 102 Å². The van der Waals surface area contributed by atoms with Gasteiger partial charge in [-0.2, -0.15) is 0 Å². The molecule has 1 amide bonds. The van der Waals surface area contributed by atoms with Crippen LogP contribution >= 0.6 is 11.3 Å². The molecule has 3 rings (SSSR count). The highest BCUT2D eigenvalue weighted by atomic mass is 32.1. The lowest BCUT2D eigenvalue weighted by Crippen LogP contribution is -2.21. The van der Waals surface area contributed by atoms with Gasteiger partial charge in [0.05, 0.1) is 19.8 Å². The standard InChI is InChI=1S/C17H14N2O5S/c1-22-12-5-3-4-9-8-11(14(18)24-13(9)12)15(20)19-16-10(6-7-25-16)17(21)23-2/h3-8,18H,1-2H3,(H,19,20). The first-order valence-electron chi connectivity index (χ1n) is 7.17. The molecular weight excluding hydrogens is 344 g/mol. The number of esters is 1. The number of thiophene rings is 1. The van der Waals surface area contributed by atoms with E-state index >= 15 is 0 Å². The maximum absolute atomic E-state index is 12.5. The Morgan fingerprint density at radius 3 is 2.72 bits per heavy atom. The highest BCUT2D eigenvalue weighted by Crippen LogP contribution is 2.26. The molecule has 2 heterocycles. The molecule has 8 heteroatoms. The molecule has 128 valence electrons. The number of carbonyl (C=O) groups excluding carboxylic acids is 2. The largest absolute Gasteiger partial charge is 0.493 e. The number of hydrogen-bond acceptors (Lipinski definition) is 7. The summed E-state index contributed by atoms with van der Waals surface area (Å²) in [5.74, 6) is -0.620. The summed E-state index contributed by atoms with van der Waals surface area (Å²) in [5, 5.41) is 13.3. The summed E-state index contributed by atoms with van der Waals surface area (Å²) in [7, 11) is 2.77. The van der Waals surface area contributed by atoms with Crippen molar-refractivity contribution in [1.29, 1.82) is 5.41 Å². The van der Waals surface area contributed by atoms with E-state index in [0.717, 1.165) is 0 Å². The number of fused-ring (bicyclic) bond motifs is 1. The number of ether oxygens (including phenoxy) is 2. The third-order valence-corrected chi connectivity index (χ3v) is 4.35. The maximum atomic E-state index is 12.5. The lowest BCUT2D eigenvalue weighted by molar-refractivity contribution is 0.0602. The van der Waals surface area contributed by atoms with Crippen molar-refractivity contribution in [3.63, 3.8) is 0 Å². The second-order valence-corrected chi connectivity index (χ2v) is 5.89. The summed E-state index contributed by atoms with van der Waals surface area (Å²) < 4.78 is 15.3. The normalized spacial score (nSPS) is 10.5. The Labute approximate surface area is 146 Å². The summed E-state index contributed by atoms with van der Waals surface area (Å²) in [4.78, 5) is 24.2. The number of anilines is 1. The van der Waals surface area contributed by atoms with E-state index in [-0.39, 0.29) is 16.7 Å². The molecule has 0 saturated carbocycles. The molecule has 0 bridgehead atoms. The number of rotatable bonds is 4. The Kier molecular flexibility index (Phi) is 4.53. The zero-order valence-electron chi connectivity index (χ0n) is 13.4. The van der Waals surface area contributed by atoms with Crippen LogP contribution in [0, 0.1) is 5.41 Å². The second kappa shape index (κ2) is 6.78. The summed E-state index contributed by atoms with van der Waals surface area (Å²) >= 11 is 1.19. The first-order chi connectivity index (χ1) is 12.0. The maximum Gasteiger partial charge on any atom is 0.340 e. The number of carbonyl (C=O) groups is 2. The van der Waals surface area contributed by atoms with Crippen LogP contribution in [-0.2, 0) is 4.74 Å². The SMILES string of the molecule is COC(=O)c1ccsc1NC(=O)c1cc2cccc(OC)c2oc1=N. The van der Waals surface area contributed by atoms with Gasteiger partial charge < -0.3 is 19.2 Å². The Morgan fingerprint density at radius 1 is 1.20 bits per heavy atom. The van der Waals surface area contributed by atoms with Gasteiger partial charge in [0, 0.05) is 5.39 Å². The van der Waals surface area contributed by atoms with Crippen molar-refractivity contribution in [3.8, 4) is 5.75 Å². The lowest BCUT2D eigenvalue weighted by Gasteiger charge is -2.08. The van der Waals surface area contributed by atoms with Crippen molar-refractivity contribution < 1.29 is 23.5 Å². The van der Waals surface area contributed by atoms with Crippen molar-refractivity contribution in [3.05, 3.63) is 52.4 Å². The molecule has 0 aliphatic rings. The molecule has 0 radical (unpaired) electrons. The van der Waals surface area contributed by atoms with Crippen LogP contribution in [0.25, 0.3) is 11.0 Å². The highest BCUT2D eigenvalue weighted by molar-refractivity contribution is 7.14. The number of benzene rings is 1. The van der Waals surface area contributed by atoms with Gasteiger partial charge in [-0.25, -0.2) is 4.79 Å². The van der Waals surface area contributed by atoms with Crippen molar-refractivity contribution in [2.45, 2.75) is 0 Å². The quantitative estimate of drug-likeness (QED) is 0.698. The minimum absolute atomic E-state index is 0.0463. The predicted octanol–water partition coefficient (Wildman–Crippen LogP) is 3.02. The fraction of sp³-hybridized carbons (Fsp3) is 0.118. The summed E-state index contributed by atoms with van der Waals surface area (Å²) in [6, 6.07) is 8.33. The number of methoxy groups -OCH3 is 2. The predicted molar refractivity (Wildman–Crippen MR) is 92.2 cm³/mol.